The fraction of sp³-hybridized carbons (Fsp3) is 0.615. The van der Waals surface area contributed by atoms with Crippen LogP contribution in [0.2, 0.25) is 0 Å². The summed E-state index contributed by atoms with van der Waals surface area (Å²) in [5.41, 5.74) is 6.31. The summed E-state index contributed by atoms with van der Waals surface area (Å²) in [5.74, 6) is 1.26. The van der Waals surface area contributed by atoms with E-state index in [0.717, 1.165) is 24.6 Å². The minimum absolute atomic E-state index is 0.444. The number of hydrogen-bond acceptors (Lipinski definition) is 6. The van der Waals surface area contributed by atoms with Gasteiger partial charge in [0.1, 0.15) is 21.6 Å². The highest BCUT2D eigenvalue weighted by atomic mass is 32.1. The van der Waals surface area contributed by atoms with Gasteiger partial charge in [-0.25, -0.2) is 0 Å². The molecule has 1 atom stereocenters. The number of rotatable bonds is 5. The van der Waals surface area contributed by atoms with Crippen LogP contribution in [0, 0.1) is 17.2 Å². The largest absolute Gasteiger partial charge is 0.492 e. The summed E-state index contributed by atoms with van der Waals surface area (Å²) in [6.07, 6.45) is 1.22. The molecule has 1 aromatic rings. The number of nitrogen functional groups attached to an aromatic ring is 1. The highest BCUT2D eigenvalue weighted by Gasteiger charge is 2.22. The van der Waals surface area contributed by atoms with Crippen molar-refractivity contribution < 1.29 is 4.74 Å². The van der Waals surface area contributed by atoms with E-state index in [4.69, 9.17) is 15.7 Å². The third-order valence-corrected chi connectivity index (χ3v) is 4.62. The number of nitrogens with two attached hydrogens (primary N) is 1. The van der Waals surface area contributed by atoms with E-state index in [-0.39, 0.29) is 0 Å². The number of nitrogens with one attached hydrogen (secondary N) is 1. The van der Waals surface area contributed by atoms with Gasteiger partial charge >= 0.3 is 0 Å². The monoisotopic (exact) mass is 280 g/mol. The second kappa shape index (κ2) is 6.13. The van der Waals surface area contributed by atoms with Crippen molar-refractivity contribution in [1.82, 2.24) is 4.90 Å². The van der Waals surface area contributed by atoms with Crippen molar-refractivity contribution in [3.05, 3.63) is 4.88 Å². The molecule has 5 nitrogen and oxygen atoms in total. The molecular formula is C13H20N4OS. The summed E-state index contributed by atoms with van der Waals surface area (Å²) in [6, 6.07) is 2.10. The Balaban J connectivity index is 1.98. The number of likely N-dealkylation sites (tertiary alicyclic amines) is 1. The zero-order valence-corrected chi connectivity index (χ0v) is 12.2. The summed E-state index contributed by atoms with van der Waals surface area (Å²) in [7, 11) is 1.58. The molecule has 3 N–H and O–H groups in total. The molecule has 1 saturated heterocycles. The van der Waals surface area contributed by atoms with Gasteiger partial charge in [0.15, 0.2) is 5.75 Å². The standard InChI is InChI=1S/C13H20N4OS/c1-3-17-5-4-9(8-17)7-16-13-12(18-2)11(15)10(6-14)19-13/h9,16H,3-5,7-8,15H2,1-2H3. The van der Waals surface area contributed by atoms with Gasteiger partial charge in [-0.15, -0.1) is 11.3 Å². The fourth-order valence-corrected chi connectivity index (χ4v) is 3.33. The molecule has 0 aromatic carbocycles. The maximum absolute atomic E-state index is 8.99. The number of methoxy groups -OCH3 is 1. The highest BCUT2D eigenvalue weighted by Crippen LogP contribution is 2.42. The SMILES string of the molecule is CCN1CCC(CNc2sc(C#N)c(N)c2OC)C1. The molecule has 1 aliphatic rings. The molecule has 0 bridgehead atoms. The van der Waals surface area contributed by atoms with Crippen LogP contribution in [-0.2, 0) is 0 Å². The van der Waals surface area contributed by atoms with E-state index in [1.807, 2.05) is 0 Å². The number of anilines is 2. The van der Waals surface area contributed by atoms with Gasteiger partial charge < -0.3 is 20.7 Å². The first kappa shape index (κ1) is 14.0. The van der Waals surface area contributed by atoms with Crippen LogP contribution < -0.4 is 15.8 Å². The van der Waals surface area contributed by atoms with E-state index in [9.17, 15) is 0 Å². The average molecular weight is 280 g/mol. The Bertz CT molecular complexity index is 480. The number of ether oxygens (including phenoxy) is 1. The van der Waals surface area contributed by atoms with Crippen molar-refractivity contribution in [3.63, 3.8) is 0 Å². The van der Waals surface area contributed by atoms with Crippen LogP contribution in [0.25, 0.3) is 0 Å². The first-order chi connectivity index (χ1) is 9.19. The lowest BCUT2D eigenvalue weighted by Gasteiger charge is -2.14. The smallest absolute Gasteiger partial charge is 0.177 e. The van der Waals surface area contributed by atoms with Gasteiger partial charge in [-0.3, -0.25) is 0 Å². The molecule has 0 amide bonds. The second-order valence-electron chi connectivity index (χ2n) is 4.75. The Morgan fingerprint density at radius 3 is 3.00 bits per heavy atom. The second-order valence-corrected chi connectivity index (χ2v) is 5.77. The third-order valence-electron chi connectivity index (χ3n) is 3.57. The molecular weight excluding hydrogens is 260 g/mol. The Kier molecular flexibility index (Phi) is 4.51. The van der Waals surface area contributed by atoms with E-state index in [1.165, 1.54) is 24.3 Å². The minimum atomic E-state index is 0.444. The Morgan fingerprint density at radius 1 is 1.63 bits per heavy atom. The number of nitriles is 1. The van der Waals surface area contributed by atoms with Gasteiger partial charge in [0.2, 0.25) is 0 Å². The fourth-order valence-electron chi connectivity index (χ4n) is 2.43. The van der Waals surface area contributed by atoms with Crippen molar-refractivity contribution in [3.8, 4) is 11.8 Å². The van der Waals surface area contributed by atoms with Crippen LogP contribution in [0.1, 0.15) is 18.2 Å². The maximum atomic E-state index is 8.99. The molecule has 6 heteroatoms. The number of hydrogen-bond donors (Lipinski definition) is 2. The number of nitrogens with zero attached hydrogens (tertiary/aromatic N) is 2. The molecule has 0 spiro atoms. The first-order valence-corrected chi connectivity index (χ1v) is 7.33. The predicted octanol–water partition coefficient (Wildman–Crippen LogP) is 1.96. The van der Waals surface area contributed by atoms with Gasteiger partial charge in [0.25, 0.3) is 0 Å². The zero-order chi connectivity index (χ0) is 13.8. The Hall–Kier alpha value is -1.45. The van der Waals surface area contributed by atoms with E-state index in [2.05, 4.69) is 23.2 Å². The van der Waals surface area contributed by atoms with Crippen molar-refractivity contribution in [2.75, 3.05) is 44.3 Å². The molecule has 1 aromatic heterocycles. The predicted molar refractivity (Wildman–Crippen MR) is 78.7 cm³/mol. The van der Waals surface area contributed by atoms with Crippen LogP contribution in [0.5, 0.6) is 5.75 Å². The van der Waals surface area contributed by atoms with Gasteiger partial charge in [-0.2, -0.15) is 5.26 Å². The van der Waals surface area contributed by atoms with Gasteiger partial charge in [0.05, 0.1) is 7.11 Å². The normalized spacial score (nSPS) is 19.3. The van der Waals surface area contributed by atoms with Crippen LogP contribution in [0.3, 0.4) is 0 Å². The van der Waals surface area contributed by atoms with Crippen LogP contribution in [0.15, 0.2) is 0 Å². The highest BCUT2D eigenvalue weighted by molar-refractivity contribution is 7.17. The Labute approximate surface area is 118 Å². The van der Waals surface area contributed by atoms with Gasteiger partial charge in [-0.1, -0.05) is 6.92 Å². The summed E-state index contributed by atoms with van der Waals surface area (Å²) in [4.78, 5) is 2.97. The van der Waals surface area contributed by atoms with Gasteiger partial charge in [0, 0.05) is 13.1 Å². The lowest BCUT2D eigenvalue weighted by Crippen LogP contribution is -2.22. The van der Waals surface area contributed by atoms with Gasteiger partial charge in [-0.05, 0) is 25.4 Å². The number of thiophene rings is 1. The molecule has 0 saturated carbocycles. The molecule has 1 unspecified atom stereocenters. The molecule has 104 valence electrons. The van der Waals surface area contributed by atoms with E-state index in [0.29, 0.717) is 22.2 Å². The summed E-state index contributed by atoms with van der Waals surface area (Å²) >= 11 is 1.36. The van der Waals surface area contributed by atoms with Crippen LogP contribution >= 0.6 is 11.3 Å². The molecule has 2 heterocycles. The molecule has 19 heavy (non-hydrogen) atoms. The molecule has 0 aliphatic carbocycles. The van der Waals surface area contributed by atoms with Crippen molar-refractivity contribution in [1.29, 1.82) is 5.26 Å². The van der Waals surface area contributed by atoms with E-state index >= 15 is 0 Å². The van der Waals surface area contributed by atoms with Crippen molar-refractivity contribution in [2.45, 2.75) is 13.3 Å². The maximum Gasteiger partial charge on any atom is 0.177 e. The summed E-state index contributed by atoms with van der Waals surface area (Å²) in [6.45, 7) is 6.52. The summed E-state index contributed by atoms with van der Waals surface area (Å²) < 4.78 is 5.28. The average Bonchev–Trinajstić information content (AvgIpc) is 3.00. The molecule has 0 radical (unpaired) electrons. The van der Waals surface area contributed by atoms with Crippen molar-refractivity contribution >= 4 is 22.0 Å². The van der Waals surface area contributed by atoms with Crippen LogP contribution in [0.4, 0.5) is 10.7 Å². The van der Waals surface area contributed by atoms with E-state index < -0.39 is 0 Å². The molecule has 1 fully saturated rings. The lowest BCUT2D eigenvalue weighted by molar-refractivity contribution is 0.345. The van der Waals surface area contributed by atoms with Crippen LogP contribution in [-0.4, -0.2) is 38.2 Å². The lowest BCUT2D eigenvalue weighted by atomic mass is 10.1. The minimum Gasteiger partial charge on any atom is -0.492 e. The molecule has 2 rings (SSSR count). The van der Waals surface area contributed by atoms with Crippen molar-refractivity contribution in [2.24, 2.45) is 5.92 Å². The third kappa shape index (κ3) is 2.94. The molecule has 1 aliphatic heterocycles. The summed E-state index contributed by atoms with van der Waals surface area (Å²) in [5, 5.41) is 13.2. The Morgan fingerprint density at radius 2 is 2.42 bits per heavy atom. The van der Waals surface area contributed by atoms with E-state index in [1.54, 1.807) is 7.11 Å². The topological polar surface area (TPSA) is 74.3 Å². The first-order valence-electron chi connectivity index (χ1n) is 6.52. The zero-order valence-electron chi connectivity index (χ0n) is 11.4. The quantitative estimate of drug-likeness (QED) is 0.862.